The molecule has 0 N–H and O–H groups in total. The number of aryl methyl sites for hydroxylation is 4. The van der Waals surface area contributed by atoms with Gasteiger partial charge in [-0.25, -0.2) is 9.97 Å². The van der Waals surface area contributed by atoms with Crippen LogP contribution in [0.1, 0.15) is 16.3 Å². The van der Waals surface area contributed by atoms with E-state index >= 15 is 0 Å². The Kier molecular flexibility index (Phi) is 2.90. The Morgan fingerprint density at radius 3 is 2.89 bits per heavy atom. The molecule has 3 aromatic rings. The number of hydrogen-bond donors (Lipinski definition) is 0. The number of nitrogens with zero attached hydrogens (tertiary/aromatic N) is 4. The maximum atomic E-state index is 12.3. The normalized spacial score (nSPS) is 11.3. The SMILES string of the molecule is Cc1ncsc1CCn1cnc2onc(C)c2c1=O. The molecule has 19 heavy (non-hydrogen) atoms. The molecule has 3 aromatic heterocycles. The zero-order valence-corrected chi connectivity index (χ0v) is 11.4. The Labute approximate surface area is 112 Å². The summed E-state index contributed by atoms with van der Waals surface area (Å²) in [7, 11) is 0. The molecule has 98 valence electrons. The van der Waals surface area contributed by atoms with Crippen molar-refractivity contribution in [1.82, 2.24) is 19.7 Å². The van der Waals surface area contributed by atoms with Crippen molar-refractivity contribution in [2.75, 3.05) is 0 Å². The van der Waals surface area contributed by atoms with E-state index in [4.69, 9.17) is 4.52 Å². The van der Waals surface area contributed by atoms with Crippen LogP contribution in [0, 0.1) is 13.8 Å². The molecule has 3 heterocycles. The minimum Gasteiger partial charge on any atom is -0.335 e. The van der Waals surface area contributed by atoms with Crippen LogP contribution in [0.2, 0.25) is 0 Å². The van der Waals surface area contributed by atoms with Crippen molar-refractivity contribution in [3.05, 3.63) is 38.5 Å². The summed E-state index contributed by atoms with van der Waals surface area (Å²) in [5.74, 6) is 0. The lowest BCUT2D eigenvalue weighted by Gasteiger charge is -2.03. The maximum Gasteiger partial charge on any atom is 0.266 e. The Balaban J connectivity index is 1.93. The van der Waals surface area contributed by atoms with E-state index in [2.05, 4.69) is 15.1 Å². The van der Waals surface area contributed by atoms with Crippen molar-refractivity contribution in [1.29, 1.82) is 0 Å². The van der Waals surface area contributed by atoms with Gasteiger partial charge in [-0.15, -0.1) is 11.3 Å². The fourth-order valence-corrected chi connectivity index (χ4v) is 2.73. The van der Waals surface area contributed by atoms with Gasteiger partial charge in [-0.3, -0.25) is 9.36 Å². The van der Waals surface area contributed by atoms with Crippen molar-refractivity contribution >= 4 is 22.4 Å². The van der Waals surface area contributed by atoms with Crippen molar-refractivity contribution < 1.29 is 4.52 Å². The summed E-state index contributed by atoms with van der Waals surface area (Å²) in [5.41, 5.74) is 3.61. The lowest BCUT2D eigenvalue weighted by molar-refractivity contribution is 0.441. The molecule has 0 aliphatic heterocycles. The summed E-state index contributed by atoms with van der Waals surface area (Å²) in [5, 5.41) is 4.22. The third-order valence-electron chi connectivity index (χ3n) is 3.06. The van der Waals surface area contributed by atoms with Crippen LogP contribution in [0.4, 0.5) is 0 Å². The number of aromatic nitrogens is 4. The van der Waals surface area contributed by atoms with Gasteiger partial charge >= 0.3 is 0 Å². The summed E-state index contributed by atoms with van der Waals surface area (Å²) in [6, 6.07) is 0. The predicted molar refractivity (Wildman–Crippen MR) is 71.4 cm³/mol. The molecular formula is C12H12N4O2S. The Morgan fingerprint density at radius 2 is 2.16 bits per heavy atom. The molecule has 0 aliphatic rings. The molecule has 0 amide bonds. The van der Waals surface area contributed by atoms with Gasteiger partial charge in [-0.05, 0) is 13.8 Å². The van der Waals surface area contributed by atoms with Gasteiger partial charge in [0.2, 0.25) is 0 Å². The Bertz CT molecular complexity index is 786. The molecule has 0 fully saturated rings. The molecule has 7 heteroatoms. The molecule has 0 saturated carbocycles. The van der Waals surface area contributed by atoms with E-state index < -0.39 is 0 Å². The van der Waals surface area contributed by atoms with E-state index in [1.807, 2.05) is 12.4 Å². The highest BCUT2D eigenvalue weighted by atomic mass is 32.1. The monoisotopic (exact) mass is 276 g/mol. The van der Waals surface area contributed by atoms with Gasteiger partial charge in [0.25, 0.3) is 11.3 Å². The second kappa shape index (κ2) is 4.58. The second-order valence-corrected chi connectivity index (χ2v) is 5.24. The molecule has 0 aromatic carbocycles. The molecule has 0 saturated heterocycles. The Hall–Kier alpha value is -2.02. The highest BCUT2D eigenvalue weighted by molar-refractivity contribution is 7.09. The van der Waals surface area contributed by atoms with Crippen LogP contribution in [0.25, 0.3) is 11.1 Å². The number of thiazole rings is 1. The smallest absolute Gasteiger partial charge is 0.266 e. The Morgan fingerprint density at radius 1 is 1.32 bits per heavy atom. The van der Waals surface area contributed by atoms with Crippen LogP contribution in [0.5, 0.6) is 0 Å². The third-order valence-corrected chi connectivity index (χ3v) is 4.05. The van der Waals surface area contributed by atoms with Gasteiger partial charge in [0.15, 0.2) is 0 Å². The van der Waals surface area contributed by atoms with Crippen LogP contribution < -0.4 is 5.56 Å². The maximum absolute atomic E-state index is 12.3. The average molecular weight is 276 g/mol. The molecule has 6 nitrogen and oxygen atoms in total. The van der Waals surface area contributed by atoms with Gasteiger partial charge in [0.1, 0.15) is 11.7 Å². The molecule has 0 spiro atoms. The van der Waals surface area contributed by atoms with E-state index in [0.717, 1.165) is 12.1 Å². The lowest BCUT2D eigenvalue weighted by atomic mass is 10.3. The number of rotatable bonds is 3. The van der Waals surface area contributed by atoms with Crippen LogP contribution >= 0.6 is 11.3 Å². The summed E-state index contributed by atoms with van der Waals surface area (Å²) in [6.07, 6.45) is 2.28. The van der Waals surface area contributed by atoms with Crippen LogP contribution in [0.3, 0.4) is 0 Å². The standard InChI is InChI=1S/C12H12N4O2S/c1-7-9(19-6-14-7)3-4-16-5-13-11-10(12(16)17)8(2)15-18-11/h5-6H,3-4H2,1-2H3. The summed E-state index contributed by atoms with van der Waals surface area (Å²) in [6.45, 7) is 4.29. The van der Waals surface area contributed by atoms with Crippen LogP contribution in [-0.4, -0.2) is 19.7 Å². The first-order valence-corrected chi connectivity index (χ1v) is 6.75. The number of hydrogen-bond acceptors (Lipinski definition) is 6. The van der Waals surface area contributed by atoms with Gasteiger partial charge < -0.3 is 4.52 Å². The van der Waals surface area contributed by atoms with Gasteiger partial charge in [-0.2, -0.15) is 0 Å². The first kappa shape index (κ1) is 12.0. The van der Waals surface area contributed by atoms with Crippen LogP contribution in [0.15, 0.2) is 21.2 Å². The van der Waals surface area contributed by atoms with Crippen molar-refractivity contribution in [2.24, 2.45) is 0 Å². The summed E-state index contributed by atoms with van der Waals surface area (Å²) in [4.78, 5) is 21.8. The van der Waals surface area contributed by atoms with E-state index in [1.165, 1.54) is 11.2 Å². The topological polar surface area (TPSA) is 73.8 Å². The van der Waals surface area contributed by atoms with E-state index in [-0.39, 0.29) is 5.56 Å². The van der Waals surface area contributed by atoms with E-state index in [1.54, 1.807) is 22.8 Å². The summed E-state index contributed by atoms with van der Waals surface area (Å²) >= 11 is 1.61. The van der Waals surface area contributed by atoms with Crippen LogP contribution in [-0.2, 0) is 13.0 Å². The first-order chi connectivity index (χ1) is 9.16. The molecule has 0 radical (unpaired) electrons. The zero-order valence-electron chi connectivity index (χ0n) is 10.6. The minimum atomic E-state index is -0.106. The number of fused-ring (bicyclic) bond motifs is 1. The lowest BCUT2D eigenvalue weighted by Crippen LogP contribution is -2.21. The van der Waals surface area contributed by atoms with Crippen molar-refractivity contribution in [3.8, 4) is 0 Å². The molecule has 0 unspecified atom stereocenters. The fraction of sp³-hybridized carbons (Fsp3) is 0.333. The van der Waals surface area contributed by atoms with Crippen molar-refractivity contribution in [3.63, 3.8) is 0 Å². The quantitative estimate of drug-likeness (QED) is 0.728. The zero-order chi connectivity index (χ0) is 13.4. The molecule has 0 atom stereocenters. The molecular weight excluding hydrogens is 264 g/mol. The highest BCUT2D eigenvalue weighted by Crippen LogP contribution is 2.14. The third kappa shape index (κ3) is 2.06. The minimum absolute atomic E-state index is 0.106. The highest BCUT2D eigenvalue weighted by Gasteiger charge is 2.12. The van der Waals surface area contributed by atoms with Gasteiger partial charge in [0, 0.05) is 17.8 Å². The van der Waals surface area contributed by atoms with Gasteiger partial charge in [0.05, 0.1) is 16.9 Å². The van der Waals surface area contributed by atoms with E-state index in [9.17, 15) is 4.79 Å². The first-order valence-electron chi connectivity index (χ1n) is 5.87. The van der Waals surface area contributed by atoms with E-state index in [0.29, 0.717) is 23.3 Å². The van der Waals surface area contributed by atoms with Crippen molar-refractivity contribution in [2.45, 2.75) is 26.8 Å². The molecule has 0 aliphatic carbocycles. The second-order valence-electron chi connectivity index (χ2n) is 4.30. The average Bonchev–Trinajstić information content (AvgIpc) is 2.96. The predicted octanol–water partition coefficient (Wildman–Crippen LogP) is 1.70. The fourth-order valence-electron chi connectivity index (χ4n) is 1.96. The molecule has 3 rings (SSSR count). The largest absolute Gasteiger partial charge is 0.335 e. The summed E-state index contributed by atoms with van der Waals surface area (Å²) < 4.78 is 6.56. The van der Waals surface area contributed by atoms with Gasteiger partial charge in [-0.1, -0.05) is 5.16 Å². The molecule has 0 bridgehead atoms.